The normalized spacial score (nSPS) is 12.4. The Morgan fingerprint density at radius 2 is 2.09 bits per heavy atom. The van der Waals surface area contributed by atoms with Crippen LogP contribution >= 0.6 is 0 Å². The standard InChI is InChI=1S/C18H28N2O3/c1-5-6-14-7-8-16(17(10-14)22-4)23-12-18(21)20-15(11-19)9-13(2)3/h5-8,10,13,15H,9,11-12,19H2,1-4H3,(H,20,21)/b6-5+. The molecule has 23 heavy (non-hydrogen) atoms. The Morgan fingerprint density at radius 1 is 1.35 bits per heavy atom. The molecular formula is C18H28N2O3. The lowest BCUT2D eigenvalue weighted by Gasteiger charge is -2.19. The van der Waals surface area contributed by atoms with Gasteiger partial charge < -0.3 is 20.5 Å². The van der Waals surface area contributed by atoms with E-state index in [0.717, 1.165) is 12.0 Å². The quantitative estimate of drug-likeness (QED) is 0.733. The maximum Gasteiger partial charge on any atom is 0.258 e. The van der Waals surface area contributed by atoms with Crippen molar-refractivity contribution in [1.82, 2.24) is 5.32 Å². The van der Waals surface area contributed by atoms with Crippen LogP contribution in [0.5, 0.6) is 11.5 Å². The first kappa shape index (κ1) is 19.0. The largest absolute Gasteiger partial charge is 0.493 e. The Kier molecular flexibility index (Phi) is 8.19. The summed E-state index contributed by atoms with van der Waals surface area (Å²) >= 11 is 0. The number of hydrogen-bond donors (Lipinski definition) is 2. The van der Waals surface area contributed by atoms with Crippen LogP contribution in [0.25, 0.3) is 6.08 Å². The topological polar surface area (TPSA) is 73.6 Å². The van der Waals surface area contributed by atoms with Crippen molar-refractivity contribution >= 4 is 12.0 Å². The van der Waals surface area contributed by atoms with Crippen LogP contribution < -0.4 is 20.5 Å². The third-order valence-electron chi connectivity index (χ3n) is 3.31. The maximum atomic E-state index is 12.0. The van der Waals surface area contributed by atoms with Gasteiger partial charge in [0.25, 0.3) is 5.91 Å². The fourth-order valence-electron chi connectivity index (χ4n) is 2.30. The molecule has 0 radical (unpaired) electrons. The van der Waals surface area contributed by atoms with E-state index in [0.29, 0.717) is 24.0 Å². The van der Waals surface area contributed by atoms with E-state index in [4.69, 9.17) is 15.2 Å². The summed E-state index contributed by atoms with van der Waals surface area (Å²) in [6.07, 6.45) is 4.77. The zero-order valence-corrected chi connectivity index (χ0v) is 14.5. The van der Waals surface area contributed by atoms with Gasteiger partial charge in [0.05, 0.1) is 7.11 Å². The van der Waals surface area contributed by atoms with Crippen LogP contribution in [0.1, 0.15) is 32.8 Å². The molecule has 0 fully saturated rings. The number of nitrogens with one attached hydrogen (secondary N) is 1. The zero-order valence-electron chi connectivity index (χ0n) is 14.5. The van der Waals surface area contributed by atoms with Crippen molar-refractivity contribution in [3.05, 3.63) is 29.8 Å². The molecule has 1 unspecified atom stereocenters. The molecule has 1 aromatic rings. The monoisotopic (exact) mass is 320 g/mol. The van der Waals surface area contributed by atoms with Gasteiger partial charge in [0, 0.05) is 12.6 Å². The summed E-state index contributed by atoms with van der Waals surface area (Å²) in [4.78, 5) is 12.0. The minimum Gasteiger partial charge on any atom is -0.493 e. The van der Waals surface area contributed by atoms with Crippen LogP contribution in [0.2, 0.25) is 0 Å². The van der Waals surface area contributed by atoms with Crippen molar-refractivity contribution in [2.75, 3.05) is 20.3 Å². The van der Waals surface area contributed by atoms with Crippen LogP contribution in [0.4, 0.5) is 0 Å². The van der Waals surface area contributed by atoms with Crippen molar-refractivity contribution < 1.29 is 14.3 Å². The molecular weight excluding hydrogens is 292 g/mol. The molecule has 1 rings (SSSR count). The highest BCUT2D eigenvalue weighted by molar-refractivity contribution is 5.78. The van der Waals surface area contributed by atoms with E-state index in [1.54, 1.807) is 13.2 Å². The van der Waals surface area contributed by atoms with E-state index >= 15 is 0 Å². The van der Waals surface area contributed by atoms with Crippen LogP contribution in [0.15, 0.2) is 24.3 Å². The number of benzene rings is 1. The van der Waals surface area contributed by atoms with Crippen LogP contribution in [-0.4, -0.2) is 32.2 Å². The second-order valence-electron chi connectivity index (χ2n) is 5.83. The molecule has 128 valence electrons. The molecule has 0 aliphatic rings. The Balaban J connectivity index is 2.61. The van der Waals surface area contributed by atoms with Gasteiger partial charge in [-0.1, -0.05) is 32.1 Å². The summed E-state index contributed by atoms with van der Waals surface area (Å²) in [6.45, 7) is 6.51. The highest BCUT2D eigenvalue weighted by Crippen LogP contribution is 2.28. The van der Waals surface area contributed by atoms with Gasteiger partial charge in [-0.05, 0) is 37.0 Å². The number of carbonyl (C=O) groups excluding carboxylic acids is 1. The molecule has 0 saturated carbocycles. The van der Waals surface area contributed by atoms with Gasteiger partial charge in [-0.2, -0.15) is 0 Å². The molecule has 1 amide bonds. The van der Waals surface area contributed by atoms with Crippen LogP contribution in [0.3, 0.4) is 0 Å². The summed E-state index contributed by atoms with van der Waals surface area (Å²) in [5.74, 6) is 1.44. The number of ether oxygens (including phenoxy) is 2. The lowest BCUT2D eigenvalue weighted by Crippen LogP contribution is -2.43. The third kappa shape index (κ3) is 6.74. The SMILES string of the molecule is C/C=C/c1ccc(OCC(=O)NC(CN)CC(C)C)c(OC)c1. The fraction of sp³-hybridized carbons (Fsp3) is 0.500. The van der Waals surface area contributed by atoms with Crippen molar-refractivity contribution in [3.8, 4) is 11.5 Å². The van der Waals surface area contributed by atoms with E-state index in [2.05, 4.69) is 19.2 Å². The molecule has 5 nitrogen and oxygen atoms in total. The van der Waals surface area contributed by atoms with Gasteiger partial charge in [0.1, 0.15) is 0 Å². The zero-order chi connectivity index (χ0) is 17.2. The molecule has 1 atom stereocenters. The molecule has 0 aromatic heterocycles. The smallest absolute Gasteiger partial charge is 0.258 e. The van der Waals surface area contributed by atoms with E-state index < -0.39 is 0 Å². The van der Waals surface area contributed by atoms with Gasteiger partial charge in [-0.15, -0.1) is 0 Å². The number of rotatable bonds is 9. The molecule has 0 aliphatic carbocycles. The summed E-state index contributed by atoms with van der Waals surface area (Å²) in [5.41, 5.74) is 6.70. The number of hydrogen-bond acceptors (Lipinski definition) is 4. The Bertz CT molecular complexity index is 527. The second-order valence-corrected chi connectivity index (χ2v) is 5.83. The van der Waals surface area contributed by atoms with E-state index in [1.807, 2.05) is 31.2 Å². The minimum absolute atomic E-state index is 0.0231. The Hall–Kier alpha value is -2.01. The van der Waals surface area contributed by atoms with E-state index in [-0.39, 0.29) is 18.6 Å². The van der Waals surface area contributed by atoms with Gasteiger partial charge in [0.2, 0.25) is 0 Å². The summed E-state index contributed by atoms with van der Waals surface area (Å²) in [6, 6.07) is 5.56. The highest BCUT2D eigenvalue weighted by Gasteiger charge is 2.14. The Labute approximate surface area is 138 Å². The molecule has 0 bridgehead atoms. The van der Waals surface area contributed by atoms with Crippen molar-refractivity contribution in [1.29, 1.82) is 0 Å². The fourth-order valence-corrected chi connectivity index (χ4v) is 2.30. The van der Waals surface area contributed by atoms with Crippen LogP contribution in [0, 0.1) is 5.92 Å². The number of methoxy groups -OCH3 is 1. The number of allylic oxidation sites excluding steroid dienone is 1. The number of amides is 1. The molecule has 1 aromatic carbocycles. The average Bonchev–Trinajstić information content (AvgIpc) is 2.52. The summed E-state index contributed by atoms with van der Waals surface area (Å²) < 4.78 is 10.9. The molecule has 5 heteroatoms. The molecule has 0 saturated heterocycles. The lowest BCUT2D eigenvalue weighted by atomic mass is 10.0. The first-order valence-corrected chi connectivity index (χ1v) is 7.93. The number of nitrogens with two attached hydrogens (primary N) is 1. The molecule has 3 N–H and O–H groups in total. The first-order valence-electron chi connectivity index (χ1n) is 7.93. The molecule has 0 spiro atoms. The lowest BCUT2D eigenvalue weighted by molar-refractivity contribution is -0.123. The maximum absolute atomic E-state index is 12.0. The first-order chi connectivity index (χ1) is 11.0. The second kappa shape index (κ2) is 9.90. The van der Waals surface area contributed by atoms with Gasteiger partial charge >= 0.3 is 0 Å². The van der Waals surface area contributed by atoms with Gasteiger partial charge in [-0.25, -0.2) is 0 Å². The van der Waals surface area contributed by atoms with Crippen molar-refractivity contribution in [2.45, 2.75) is 33.2 Å². The summed E-state index contributed by atoms with van der Waals surface area (Å²) in [5, 5.41) is 2.90. The van der Waals surface area contributed by atoms with Crippen molar-refractivity contribution in [2.24, 2.45) is 11.7 Å². The molecule has 0 aliphatic heterocycles. The van der Waals surface area contributed by atoms with Gasteiger partial charge in [-0.3, -0.25) is 4.79 Å². The predicted octanol–water partition coefficient (Wildman–Crippen LogP) is 2.60. The predicted molar refractivity (Wildman–Crippen MR) is 93.6 cm³/mol. The number of carbonyl (C=O) groups is 1. The average molecular weight is 320 g/mol. The molecule has 0 heterocycles. The Morgan fingerprint density at radius 3 is 2.65 bits per heavy atom. The van der Waals surface area contributed by atoms with Crippen molar-refractivity contribution in [3.63, 3.8) is 0 Å². The highest BCUT2D eigenvalue weighted by atomic mass is 16.5. The van der Waals surface area contributed by atoms with Gasteiger partial charge in [0.15, 0.2) is 18.1 Å². The van der Waals surface area contributed by atoms with E-state index in [1.165, 1.54) is 0 Å². The minimum atomic E-state index is -0.180. The third-order valence-corrected chi connectivity index (χ3v) is 3.31. The van der Waals surface area contributed by atoms with E-state index in [9.17, 15) is 4.79 Å². The van der Waals surface area contributed by atoms with Crippen LogP contribution in [-0.2, 0) is 4.79 Å². The summed E-state index contributed by atoms with van der Waals surface area (Å²) in [7, 11) is 1.58.